The monoisotopic (exact) mass is 560 g/mol. The molecule has 3 atom stereocenters. The summed E-state index contributed by atoms with van der Waals surface area (Å²) in [5, 5.41) is 13.1. The van der Waals surface area contributed by atoms with Crippen LogP contribution >= 0.6 is 0 Å². The summed E-state index contributed by atoms with van der Waals surface area (Å²) < 4.78 is 10.7. The first-order valence-electron chi connectivity index (χ1n) is 14.5. The van der Waals surface area contributed by atoms with E-state index in [4.69, 9.17) is 15.2 Å². The number of carbonyl (C=O) groups excluding carboxylic acids is 1. The van der Waals surface area contributed by atoms with Crippen LogP contribution in [0, 0.1) is 11.8 Å². The van der Waals surface area contributed by atoms with Gasteiger partial charge in [-0.2, -0.15) is 15.0 Å². The van der Waals surface area contributed by atoms with E-state index in [-0.39, 0.29) is 5.91 Å². The molecule has 218 valence electrons. The third-order valence-corrected chi connectivity index (χ3v) is 7.55. The van der Waals surface area contributed by atoms with Crippen molar-refractivity contribution in [3.8, 4) is 0 Å². The fourth-order valence-corrected chi connectivity index (χ4v) is 5.52. The van der Waals surface area contributed by atoms with Crippen LogP contribution < -0.4 is 27.0 Å². The summed E-state index contributed by atoms with van der Waals surface area (Å²) in [6, 6.07) is 17.8. The predicted octanol–water partition coefficient (Wildman–Crippen LogP) is 3.55. The van der Waals surface area contributed by atoms with Gasteiger partial charge in [-0.15, -0.1) is 0 Å². The maximum Gasteiger partial charge on any atom is 0.251 e. The fourth-order valence-electron chi connectivity index (χ4n) is 5.52. The number of hydrogen-bond donors (Lipinski definition) is 5. The van der Waals surface area contributed by atoms with Gasteiger partial charge in [0.2, 0.25) is 17.8 Å². The molecule has 11 heteroatoms. The highest BCUT2D eigenvalue weighted by Crippen LogP contribution is 2.45. The van der Waals surface area contributed by atoms with Gasteiger partial charge in [-0.05, 0) is 60.9 Å². The number of anilines is 4. The molecular weight excluding hydrogens is 520 g/mol. The molecule has 0 aliphatic heterocycles. The molecule has 1 amide bonds. The minimum absolute atomic E-state index is 0.163. The summed E-state index contributed by atoms with van der Waals surface area (Å²) in [4.78, 5) is 26.5. The topological polar surface area (TPSA) is 148 Å². The highest BCUT2D eigenvalue weighted by Gasteiger charge is 2.39. The molecule has 1 heterocycles. The van der Waals surface area contributed by atoms with Gasteiger partial charge in [-0.25, -0.2) is 0 Å². The first-order chi connectivity index (χ1) is 20.2. The molecule has 1 aromatic heterocycles. The first-order valence-corrected chi connectivity index (χ1v) is 14.5. The Balaban J connectivity index is 1.17. The molecule has 11 nitrogen and oxygen atoms in total. The van der Waals surface area contributed by atoms with Gasteiger partial charge in [0.05, 0.1) is 26.4 Å². The van der Waals surface area contributed by atoms with Gasteiger partial charge in [0.25, 0.3) is 5.91 Å². The van der Waals surface area contributed by atoms with E-state index in [1.807, 2.05) is 30.3 Å². The van der Waals surface area contributed by atoms with Crippen LogP contribution in [0.2, 0.25) is 0 Å². The summed E-state index contributed by atoms with van der Waals surface area (Å²) >= 11 is 0. The Morgan fingerprint density at radius 3 is 2.34 bits per heavy atom. The molecule has 3 unspecified atom stereocenters. The second-order valence-electron chi connectivity index (χ2n) is 10.5. The minimum atomic E-state index is -0.163. The van der Waals surface area contributed by atoms with Gasteiger partial charge in [0.1, 0.15) is 0 Å². The normalized spacial score (nSPS) is 19.2. The largest absolute Gasteiger partial charge is 0.378 e. The van der Waals surface area contributed by atoms with E-state index in [1.54, 1.807) is 12.1 Å². The lowest BCUT2D eigenvalue weighted by molar-refractivity contribution is 0.0511. The first kappa shape index (κ1) is 28.7. The predicted molar refractivity (Wildman–Crippen MR) is 159 cm³/mol. The van der Waals surface area contributed by atoms with E-state index in [9.17, 15) is 4.79 Å². The molecular formula is C30H40N8O3. The molecule has 3 aromatic rings. The lowest BCUT2D eigenvalue weighted by Gasteiger charge is -2.23. The summed E-state index contributed by atoms with van der Waals surface area (Å²) in [6.45, 7) is 3.40. The smallest absolute Gasteiger partial charge is 0.251 e. The van der Waals surface area contributed by atoms with Crippen LogP contribution in [0.1, 0.15) is 41.6 Å². The minimum Gasteiger partial charge on any atom is -0.378 e. The van der Waals surface area contributed by atoms with E-state index < -0.39 is 0 Å². The summed E-state index contributed by atoms with van der Waals surface area (Å²) in [5.74, 6) is 2.85. The number of fused-ring (bicyclic) bond motifs is 2. The van der Waals surface area contributed by atoms with Crippen LogP contribution in [-0.4, -0.2) is 66.4 Å². The van der Waals surface area contributed by atoms with E-state index in [0.29, 0.717) is 81.4 Å². The van der Waals surface area contributed by atoms with Crippen LogP contribution in [0.3, 0.4) is 0 Å². The number of aromatic nitrogens is 3. The van der Waals surface area contributed by atoms with Crippen molar-refractivity contribution < 1.29 is 14.3 Å². The van der Waals surface area contributed by atoms with Crippen LogP contribution in [0.4, 0.5) is 23.5 Å². The zero-order chi connectivity index (χ0) is 28.3. The van der Waals surface area contributed by atoms with Crippen molar-refractivity contribution in [2.75, 3.05) is 55.5 Å². The molecule has 2 aliphatic carbocycles. The summed E-state index contributed by atoms with van der Waals surface area (Å²) in [6.07, 6.45) is 5.08. The SMILES string of the molecule is NCCOCCOCCNC(=O)c1ccc(Nc2nc(NCc3ccccc3)nc(NC3CC4CCC3C4)n2)cc1. The molecule has 41 heavy (non-hydrogen) atoms. The van der Waals surface area contributed by atoms with Gasteiger partial charge in [0.15, 0.2) is 0 Å². The van der Waals surface area contributed by atoms with Gasteiger partial charge in [-0.3, -0.25) is 4.79 Å². The molecule has 6 N–H and O–H groups in total. The zero-order valence-corrected chi connectivity index (χ0v) is 23.4. The molecule has 5 rings (SSSR count). The van der Waals surface area contributed by atoms with Crippen molar-refractivity contribution in [3.05, 3.63) is 65.7 Å². The third kappa shape index (κ3) is 8.59. The molecule has 2 saturated carbocycles. The Bertz CT molecular complexity index is 1240. The molecule has 0 saturated heterocycles. The number of rotatable bonds is 16. The van der Waals surface area contributed by atoms with Gasteiger partial charge in [0, 0.05) is 36.9 Å². The van der Waals surface area contributed by atoms with Crippen molar-refractivity contribution in [2.24, 2.45) is 17.6 Å². The molecule has 2 bridgehead atoms. The lowest BCUT2D eigenvalue weighted by Crippen LogP contribution is -2.27. The Labute approximate surface area is 241 Å². The molecule has 2 fully saturated rings. The highest BCUT2D eigenvalue weighted by molar-refractivity contribution is 5.94. The quantitative estimate of drug-likeness (QED) is 0.165. The Kier molecular flexibility index (Phi) is 10.3. The fraction of sp³-hybridized carbons (Fsp3) is 0.467. The number of nitrogens with one attached hydrogen (secondary N) is 4. The van der Waals surface area contributed by atoms with E-state index in [1.165, 1.54) is 25.7 Å². The number of benzene rings is 2. The number of ether oxygens (including phenoxy) is 2. The van der Waals surface area contributed by atoms with E-state index >= 15 is 0 Å². The number of nitrogens with two attached hydrogens (primary N) is 1. The molecule has 2 aromatic carbocycles. The van der Waals surface area contributed by atoms with Crippen molar-refractivity contribution >= 4 is 29.4 Å². The summed E-state index contributed by atoms with van der Waals surface area (Å²) in [5.41, 5.74) is 7.84. The maximum atomic E-state index is 12.5. The van der Waals surface area contributed by atoms with Crippen molar-refractivity contribution in [1.82, 2.24) is 20.3 Å². The Morgan fingerprint density at radius 2 is 1.61 bits per heavy atom. The molecule has 2 aliphatic rings. The second-order valence-corrected chi connectivity index (χ2v) is 10.5. The van der Waals surface area contributed by atoms with Crippen LogP contribution in [0.15, 0.2) is 54.6 Å². The third-order valence-electron chi connectivity index (χ3n) is 7.55. The standard InChI is InChI=1S/C30H40N8O3/c31-12-14-40-16-17-41-15-13-32-27(39)23-8-10-25(11-9-23)34-29-36-28(33-20-21-4-2-1-3-5-21)37-30(38-29)35-26-19-22-6-7-24(26)18-22/h1-5,8-11,22,24,26H,6-7,12-20,31H2,(H,32,39)(H3,33,34,35,36,37,38). The number of carbonyl (C=O) groups is 1. The average Bonchev–Trinajstić information content (AvgIpc) is 3.62. The van der Waals surface area contributed by atoms with Crippen LogP contribution in [0.5, 0.6) is 0 Å². The number of amides is 1. The Morgan fingerprint density at radius 1 is 0.854 bits per heavy atom. The number of hydrogen-bond acceptors (Lipinski definition) is 10. The van der Waals surface area contributed by atoms with Gasteiger partial charge >= 0.3 is 0 Å². The van der Waals surface area contributed by atoms with E-state index in [0.717, 1.165) is 17.2 Å². The van der Waals surface area contributed by atoms with Gasteiger partial charge in [-0.1, -0.05) is 36.8 Å². The van der Waals surface area contributed by atoms with Crippen molar-refractivity contribution in [3.63, 3.8) is 0 Å². The summed E-state index contributed by atoms with van der Waals surface area (Å²) in [7, 11) is 0. The zero-order valence-electron chi connectivity index (χ0n) is 23.4. The second kappa shape index (κ2) is 14.7. The van der Waals surface area contributed by atoms with Crippen molar-refractivity contribution in [2.45, 2.75) is 38.3 Å². The highest BCUT2D eigenvalue weighted by atomic mass is 16.5. The van der Waals surface area contributed by atoms with Crippen molar-refractivity contribution in [1.29, 1.82) is 0 Å². The van der Waals surface area contributed by atoms with E-state index in [2.05, 4.69) is 48.4 Å². The average molecular weight is 561 g/mol. The molecule has 0 radical (unpaired) electrons. The Hall–Kier alpha value is -3.80. The molecule has 0 spiro atoms. The van der Waals surface area contributed by atoms with Crippen LogP contribution in [-0.2, 0) is 16.0 Å². The van der Waals surface area contributed by atoms with Crippen LogP contribution in [0.25, 0.3) is 0 Å². The maximum absolute atomic E-state index is 12.5. The lowest BCUT2D eigenvalue weighted by atomic mass is 9.95. The van der Waals surface area contributed by atoms with Gasteiger partial charge < -0.3 is 36.5 Å². The number of nitrogens with zero attached hydrogens (tertiary/aromatic N) is 3.